The lowest BCUT2D eigenvalue weighted by atomic mass is 9.99. The van der Waals surface area contributed by atoms with E-state index in [2.05, 4.69) is 85.0 Å². The summed E-state index contributed by atoms with van der Waals surface area (Å²) in [7, 11) is 1.69. The quantitative estimate of drug-likeness (QED) is 0.601. The number of fused-ring (bicyclic) bond motifs is 3. The zero-order chi connectivity index (χ0) is 20.7. The molecule has 0 spiro atoms. The molecule has 1 N–H and O–H groups in total. The SMILES string of the molecule is COc1cccc(C2=C[C@H]3c4ccccc4O[C@H](c4ccc(C(C)C)cc4)N3N2)c1. The first-order valence-corrected chi connectivity index (χ1v) is 10.4. The van der Waals surface area contributed by atoms with Crippen LogP contribution in [-0.4, -0.2) is 12.1 Å². The summed E-state index contributed by atoms with van der Waals surface area (Å²) in [5.41, 5.74) is 9.38. The van der Waals surface area contributed by atoms with Crippen LogP contribution in [0, 0.1) is 0 Å². The van der Waals surface area contributed by atoms with E-state index in [0.29, 0.717) is 5.92 Å². The predicted octanol–water partition coefficient (Wildman–Crippen LogP) is 5.81. The van der Waals surface area contributed by atoms with Crippen LogP contribution in [0.3, 0.4) is 0 Å². The fraction of sp³-hybridized carbons (Fsp3) is 0.231. The second-order valence-corrected chi connectivity index (χ2v) is 8.11. The Labute approximate surface area is 177 Å². The highest BCUT2D eigenvalue weighted by molar-refractivity contribution is 5.68. The minimum atomic E-state index is -0.217. The van der Waals surface area contributed by atoms with Gasteiger partial charge in [-0.25, -0.2) is 0 Å². The van der Waals surface area contributed by atoms with E-state index < -0.39 is 0 Å². The molecule has 4 nitrogen and oxygen atoms in total. The Balaban J connectivity index is 1.54. The standard InChI is InChI=1S/C26H26N2O2/c1-17(2)18-11-13-19(14-12-18)26-28-24(22-9-4-5-10-25(22)30-26)16-23(27-28)20-7-6-8-21(15-20)29-3/h4-17,24,26-27H,1-3H3/t24-,26+/m0/s1. The highest BCUT2D eigenvalue weighted by Crippen LogP contribution is 2.46. The molecule has 0 amide bonds. The number of rotatable bonds is 4. The lowest BCUT2D eigenvalue weighted by Crippen LogP contribution is -2.43. The third kappa shape index (κ3) is 3.23. The first-order chi connectivity index (χ1) is 14.6. The molecule has 3 aromatic rings. The Kier molecular flexibility index (Phi) is 4.72. The molecule has 30 heavy (non-hydrogen) atoms. The van der Waals surface area contributed by atoms with E-state index in [0.717, 1.165) is 33.9 Å². The van der Waals surface area contributed by atoms with Gasteiger partial charge in [0.2, 0.25) is 0 Å². The zero-order valence-corrected chi connectivity index (χ0v) is 17.5. The van der Waals surface area contributed by atoms with Gasteiger partial charge in [-0.2, -0.15) is 5.01 Å². The average molecular weight is 399 g/mol. The summed E-state index contributed by atoms with van der Waals surface area (Å²) in [5.74, 6) is 2.28. The molecule has 0 aromatic heterocycles. The van der Waals surface area contributed by atoms with Crippen LogP contribution in [0.5, 0.6) is 11.5 Å². The van der Waals surface area contributed by atoms with Crippen molar-refractivity contribution in [1.29, 1.82) is 0 Å². The smallest absolute Gasteiger partial charge is 0.195 e. The highest BCUT2D eigenvalue weighted by Gasteiger charge is 2.40. The van der Waals surface area contributed by atoms with Crippen LogP contribution in [0.1, 0.15) is 54.3 Å². The average Bonchev–Trinajstić information content (AvgIpc) is 3.24. The Hall–Kier alpha value is -3.24. The molecule has 2 heterocycles. The van der Waals surface area contributed by atoms with Crippen LogP contribution >= 0.6 is 0 Å². The molecule has 0 saturated heterocycles. The van der Waals surface area contributed by atoms with Gasteiger partial charge in [0.25, 0.3) is 0 Å². The molecule has 0 unspecified atom stereocenters. The number of hydrogen-bond acceptors (Lipinski definition) is 4. The Bertz CT molecular complexity index is 1090. The third-order valence-corrected chi connectivity index (χ3v) is 5.87. The van der Waals surface area contributed by atoms with Crippen molar-refractivity contribution in [2.24, 2.45) is 0 Å². The lowest BCUT2D eigenvalue weighted by molar-refractivity contribution is -0.0326. The van der Waals surface area contributed by atoms with Crippen LogP contribution in [0.25, 0.3) is 5.70 Å². The van der Waals surface area contributed by atoms with Gasteiger partial charge in [0.05, 0.1) is 18.8 Å². The monoisotopic (exact) mass is 398 g/mol. The molecule has 0 saturated carbocycles. The van der Waals surface area contributed by atoms with E-state index in [4.69, 9.17) is 9.47 Å². The minimum absolute atomic E-state index is 0.0888. The summed E-state index contributed by atoms with van der Waals surface area (Å²) < 4.78 is 11.9. The summed E-state index contributed by atoms with van der Waals surface area (Å²) in [6.07, 6.45) is 2.05. The third-order valence-electron chi connectivity index (χ3n) is 5.87. The van der Waals surface area contributed by atoms with Crippen molar-refractivity contribution < 1.29 is 9.47 Å². The molecule has 3 aromatic carbocycles. The molecule has 0 radical (unpaired) electrons. The topological polar surface area (TPSA) is 33.7 Å². The van der Waals surface area contributed by atoms with Crippen molar-refractivity contribution in [2.45, 2.75) is 32.0 Å². The van der Waals surface area contributed by atoms with Crippen molar-refractivity contribution in [3.8, 4) is 11.5 Å². The zero-order valence-electron chi connectivity index (χ0n) is 17.5. The fourth-order valence-electron chi connectivity index (χ4n) is 4.16. The maximum atomic E-state index is 6.47. The molecule has 5 rings (SSSR count). The van der Waals surface area contributed by atoms with Crippen LogP contribution < -0.4 is 14.9 Å². The summed E-state index contributed by atoms with van der Waals surface area (Å²) in [4.78, 5) is 0. The van der Waals surface area contributed by atoms with Gasteiger partial charge in [0, 0.05) is 16.7 Å². The number of benzene rings is 3. The molecule has 0 fully saturated rings. The highest BCUT2D eigenvalue weighted by atomic mass is 16.5. The summed E-state index contributed by atoms with van der Waals surface area (Å²) >= 11 is 0. The van der Waals surface area contributed by atoms with Crippen LogP contribution in [-0.2, 0) is 0 Å². The van der Waals surface area contributed by atoms with Gasteiger partial charge in [-0.1, -0.05) is 68.4 Å². The number of hydrazine groups is 1. The molecular formula is C26H26N2O2. The normalized spacial score (nSPS) is 20.1. The van der Waals surface area contributed by atoms with Gasteiger partial charge in [-0.05, 0) is 35.8 Å². The lowest BCUT2D eigenvalue weighted by Gasteiger charge is -2.39. The summed E-state index contributed by atoms with van der Waals surface area (Å²) in [6, 6.07) is 25.3. The predicted molar refractivity (Wildman–Crippen MR) is 119 cm³/mol. The Morgan fingerprint density at radius 2 is 1.77 bits per heavy atom. The molecule has 2 aliphatic heterocycles. The van der Waals surface area contributed by atoms with Gasteiger partial charge in [-0.15, -0.1) is 0 Å². The van der Waals surface area contributed by atoms with Crippen molar-refractivity contribution in [2.75, 3.05) is 7.11 Å². The van der Waals surface area contributed by atoms with E-state index in [1.807, 2.05) is 18.2 Å². The van der Waals surface area contributed by atoms with E-state index >= 15 is 0 Å². The van der Waals surface area contributed by atoms with Gasteiger partial charge < -0.3 is 14.9 Å². The summed E-state index contributed by atoms with van der Waals surface area (Å²) in [5, 5.41) is 2.20. The second-order valence-electron chi connectivity index (χ2n) is 8.11. The largest absolute Gasteiger partial charge is 0.497 e. The van der Waals surface area contributed by atoms with Crippen LogP contribution in [0.15, 0.2) is 78.9 Å². The van der Waals surface area contributed by atoms with Crippen molar-refractivity contribution in [3.05, 3.63) is 101 Å². The van der Waals surface area contributed by atoms with Gasteiger partial charge in [-0.3, -0.25) is 0 Å². The van der Waals surface area contributed by atoms with Crippen molar-refractivity contribution >= 4 is 5.70 Å². The molecule has 4 heteroatoms. The maximum absolute atomic E-state index is 6.47. The van der Waals surface area contributed by atoms with Crippen molar-refractivity contribution in [1.82, 2.24) is 10.4 Å². The van der Waals surface area contributed by atoms with E-state index in [1.54, 1.807) is 7.11 Å². The van der Waals surface area contributed by atoms with Gasteiger partial charge >= 0.3 is 0 Å². The number of nitrogens with one attached hydrogen (secondary N) is 1. The number of hydrogen-bond donors (Lipinski definition) is 1. The number of methoxy groups -OCH3 is 1. The van der Waals surface area contributed by atoms with Gasteiger partial charge in [0.15, 0.2) is 6.23 Å². The summed E-state index contributed by atoms with van der Waals surface area (Å²) in [6.45, 7) is 4.43. The number of nitrogens with zero attached hydrogens (tertiary/aromatic N) is 1. The van der Waals surface area contributed by atoms with Gasteiger partial charge in [0.1, 0.15) is 11.5 Å². The van der Waals surface area contributed by atoms with E-state index in [1.165, 1.54) is 5.56 Å². The second kappa shape index (κ2) is 7.54. The number of para-hydroxylation sites is 1. The van der Waals surface area contributed by atoms with Crippen LogP contribution in [0.2, 0.25) is 0 Å². The first-order valence-electron chi connectivity index (χ1n) is 10.4. The van der Waals surface area contributed by atoms with E-state index in [9.17, 15) is 0 Å². The fourth-order valence-corrected chi connectivity index (χ4v) is 4.16. The maximum Gasteiger partial charge on any atom is 0.195 e. The van der Waals surface area contributed by atoms with Crippen molar-refractivity contribution in [3.63, 3.8) is 0 Å². The molecule has 0 aliphatic carbocycles. The molecule has 152 valence electrons. The molecular weight excluding hydrogens is 372 g/mol. The molecule has 2 atom stereocenters. The first kappa shape index (κ1) is 18.8. The number of ether oxygens (including phenoxy) is 2. The molecule has 0 bridgehead atoms. The Morgan fingerprint density at radius 3 is 2.53 bits per heavy atom. The van der Waals surface area contributed by atoms with Crippen LogP contribution in [0.4, 0.5) is 0 Å². The Morgan fingerprint density at radius 1 is 0.967 bits per heavy atom. The van der Waals surface area contributed by atoms with E-state index in [-0.39, 0.29) is 12.3 Å². The minimum Gasteiger partial charge on any atom is -0.497 e. The molecule has 2 aliphatic rings.